The Bertz CT molecular complexity index is 594. The number of nitriles is 1. The Hall–Kier alpha value is -2.39. The number of benzene rings is 1. The van der Waals surface area contributed by atoms with Gasteiger partial charge in [-0.15, -0.1) is 0 Å². The van der Waals surface area contributed by atoms with Gasteiger partial charge in [-0.05, 0) is 11.6 Å². The predicted molar refractivity (Wildman–Crippen MR) is 76.6 cm³/mol. The SMILES string of the molecule is COCCNC(=O)[C@@H](C#N)[C@@H]1C(=O)N(C)c2ccccc21. The van der Waals surface area contributed by atoms with Crippen LogP contribution in [0.5, 0.6) is 0 Å². The van der Waals surface area contributed by atoms with Gasteiger partial charge >= 0.3 is 0 Å². The van der Waals surface area contributed by atoms with E-state index in [9.17, 15) is 14.9 Å². The molecule has 0 saturated carbocycles. The van der Waals surface area contributed by atoms with E-state index in [1.54, 1.807) is 19.2 Å². The van der Waals surface area contributed by atoms with Gasteiger partial charge < -0.3 is 15.0 Å². The molecule has 0 radical (unpaired) electrons. The van der Waals surface area contributed by atoms with Crippen molar-refractivity contribution < 1.29 is 14.3 Å². The first-order valence-corrected chi connectivity index (χ1v) is 6.64. The summed E-state index contributed by atoms with van der Waals surface area (Å²) >= 11 is 0. The number of amides is 2. The normalized spacial score (nSPS) is 18.0. The maximum absolute atomic E-state index is 12.4. The lowest BCUT2D eigenvalue weighted by Gasteiger charge is -2.16. The smallest absolute Gasteiger partial charge is 0.238 e. The van der Waals surface area contributed by atoms with Crippen molar-refractivity contribution in [1.29, 1.82) is 5.26 Å². The topological polar surface area (TPSA) is 82.4 Å². The fourth-order valence-electron chi connectivity index (χ4n) is 2.51. The van der Waals surface area contributed by atoms with Crippen molar-refractivity contribution in [2.45, 2.75) is 5.92 Å². The lowest BCUT2D eigenvalue weighted by atomic mass is 9.87. The summed E-state index contributed by atoms with van der Waals surface area (Å²) < 4.78 is 4.85. The summed E-state index contributed by atoms with van der Waals surface area (Å²) in [6.07, 6.45) is 0. The van der Waals surface area contributed by atoms with Crippen LogP contribution in [0.3, 0.4) is 0 Å². The molecule has 1 aromatic carbocycles. The highest BCUT2D eigenvalue weighted by molar-refractivity contribution is 6.07. The van der Waals surface area contributed by atoms with Gasteiger partial charge in [-0.25, -0.2) is 0 Å². The van der Waals surface area contributed by atoms with Crippen molar-refractivity contribution >= 4 is 17.5 Å². The van der Waals surface area contributed by atoms with Crippen LogP contribution in [0.25, 0.3) is 0 Å². The van der Waals surface area contributed by atoms with Crippen LogP contribution in [-0.4, -0.2) is 39.1 Å². The number of fused-ring (bicyclic) bond motifs is 1. The molecular weight excluding hydrogens is 270 g/mol. The second-order valence-electron chi connectivity index (χ2n) is 4.82. The number of ether oxygens (including phenoxy) is 1. The zero-order valence-electron chi connectivity index (χ0n) is 12.0. The molecule has 1 aromatic rings. The molecule has 1 heterocycles. The van der Waals surface area contributed by atoms with Gasteiger partial charge in [-0.3, -0.25) is 9.59 Å². The van der Waals surface area contributed by atoms with Gasteiger partial charge in [-0.1, -0.05) is 18.2 Å². The van der Waals surface area contributed by atoms with Crippen molar-refractivity contribution in [3.05, 3.63) is 29.8 Å². The van der Waals surface area contributed by atoms with Gasteiger partial charge in [0.25, 0.3) is 0 Å². The molecule has 110 valence electrons. The van der Waals surface area contributed by atoms with E-state index in [1.165, 1.54) is 12.0 Å². The van der Waals surface area contributed by atoms with E-state index >= 15 is 0 Å². The maximum Gasteiger partial charge on any atom is 0.238 e. The number of carbonyl (C=O) groups is 2. The molecule has 0 saturated heterocycles. The number of methoxy groups -OCH3 is 1. The molecule has 0 aromatic heterocycles. The van der Waals surface area contributed by atoms with E-state index in [2.05, 4.69) is 5.32 Å². The first-order chi connectivity index (χ1) is 10.1. The number of hydrogen-bond donors (Lipinski definition) is 1. The summed E-state index contributed by atoms with van der Waals surface area (Å²) in [5.74, 6) is -2.47. The minimum atomic E-state index is -1.04. The van der Waals surface area contributed by atoms with Crippen molar-refractivity contribution in [3.63, 3.8) is 0 Å². The third kappa shape index (κ3) is 2.73. The number of nitrogens with one attached hydrogen (secondary N) is 1. The molecule has 2 amide bonds. The molecule has 1 aliphatic rings. The molecule has 6 nitrogen and oxygen atoms in total. The summed E-state index contributed by atoms with van der Waals surface area (Å²) in [5.41, 5.74) is 1.47. The molecule has 21 heavy (non-hydrogen) atoms. The lowest BCUT2D eigenvalue weighted by Crippen LogP contribution is -2.38. The van der Waals surface area contributed by atoms with Crippen LogP contribution in [0, 0.1) is 17.2 Å². The number of rotatable bonds is 5. The standard InChI is InChI=1S/C15H17N3O3/c1-18-12-6-4-3-5-10(12)13(15(18)20)11(9-16)14(19)17-7-8-21-2/h3-6,11,13H,7-8H2,1-2H3,(H,17,19)/t11-,13+/m0/s1. The molecule has 1 aliphatic heterocycles. The Morgan fingerprint density at radius 3 is 2.90 bits per heavy atom. The van der Waals surface area contributed by atoms with Crippen LogP contribution < -0.4 is 10.2 Å². The van der Waals surface area contributed by atoms with Gasteiger partial charge in [0.05, 0.1) is 18.6 Å². The fourth-order valence-corrected chi connectivity index (χ4v) is 2.51. The van der Waals surface area contributed by atoms with Crippen LogP contribution in [0.2, 0.25) is 0 Å². The van der Waals surface area contributed by atoms with Crippen molar-refractivity contribution in [2.24, 2.45) is 5.92 Å². The summed E-state index contributed by atoms with van der Waals surface area (Å²) in [6, 6.07) is 9.18. The Labute approximate surface area is 123 Å². The van der Waals surface area contributed by atoms with E-state index in [0.717, 1.165) is 11.3 Å². The van der Waals surface area contributed by atoms with Gasteiger partial charge in [0.15, 0.2) is 0 Å². The first kappa shape index (κ1) is 15.0. The third-order valence-electron chi connectivity index (χ3n) is 3.59. The monoisotopic (exact) mass is 287 g/mol. The summed E-state index contributed by atoms with van der Waals surface area (Å²) in [4.78, 5) is 26.0. The number of likely N-dealkylation sites (N-methyl/N-ethyl adjacent to an activating group) is 1. The van der Waals surface area contributed by atoms with E-state index < -0.39 is 17.7 Å². The number of carbonyl (C=O) groups excluding carboxylic acids is 2. The average Bonchev–Trinajstić information content (AvgIpc) is 2.74. The van der Waals surface area contributed by atoms with E-state index in [1.807, 2.05) is 18.2 Å². The van der Waals surface area contributed by atoms with Gasteiger partial charge in [0.1, 0.15) is 5.92 Å². The molecule has 2 atom stereocenters. The van der Waals surface area contributed by atoms with Gasteiger partial charge in [0.2, 0.25) is 11.8 Å². The second-order valence-corrected chi connectivity index (χ2v) is 4.82. The summed E-state index contributed by atoms with van der Waals surface area (Å²) in [6.45, 7) is 0.672. The number of hydrogen-bond acceptors (Lipinski definition) is 4. The van der Waals surface area contributed by atoms with Crippen molar-refractivity contribution in [1.82, 2.24) is 5.32 Å². The average molecular weight is 287 g/mol. The minimum Gasteiger partial charge on any atom is -0.383 e. The van der Waals surface area contributed by atoms with Crippen molar-refractivity contribution in [2.75, 3.05) is 32.2 Å². The molecule has 0 fully saturated rings. The highest BCUT2D eigenvalue weighted by Crippen LogP contribution is 2.40. The second kappa shape index (κ2) is 6.37. The Morgan fingerprint density at radius 2 is 2.24 bits per heavy atom. The summed E-state index contributed by atoms with van der Waals surface area (Å²) in [5, 5.41) is 12.0. The number of nitrogens with zero attached hydrogens (tertiary/aromatic N) is 2. The fraction of sp³-hybridized carbons (Fsp3) is 0.400. The van der Waals surface area contributed by atoms with E-state index in [4.69, 9.17) is 4.74 Å². The van der Waals surface area contributed by atoms with Crippen LogP contribution >= 0.6 is 0 Å². The zero-order valence-corrected chi connectivity index (χ0v) is 12.0. The minimum absolute atomic E-state index is 0.232. The van der Waals surface area contributed by atoms with Crippen molar-refractivity contribution in [3.8, 4) is 6.07 Å². The number of para-hydroxylation sites is 1. The first-order valence-electron chi connectivity index (χ1n) is 6.64. The Kier molecular flexibility index (Phi) is 4.55. The van der Waals surface area contributed by atoms with Gasteiger partial charge in [0, 0.05) is 26.4 Å². The highest BCUT2D eigenvalue weighted by atomic mass is 16.5. The maximum atomic E-state index is 12.4. The zero-order chi connectivity index (χ0) is 15.4. The molecule has 2 rings (SSSR count). The molecule has 0 aliphatic carbocycles. The van der Waals surface area contributed by atoms with Crippen LogP contribution in [0.4, 0.5) is 5.69 Å². The largest absolute Gasteiger partial charge is 0.383 e. The Morgan fingerprint density at radius 1 is 1.52 bits per heavy atom. The van der Waals surface area contributed by atoms with Crippen LogP contribution in [0.15, 0.2) is 24.3 Å². The number of anilines is 1. The van der Waals surface area contributed by atoms with Crippen LogP contribution in [0.1, 0.15) is 11.5 Å². The Balaban J connectivity index is 2.25. The quantitative estimate of drug-likeness (QED) is 0.806. The molecule has 1 N–H and O–H groups in total. The highest BCUT2D eigenvalue weighted by Gasteiger charge is 2.43. The lowest BCUT2D eigenvalue weighted by molar-refractivity contribution is -0.128. The molecule has 0 bridgehead atoms. The van der Waals surface area contributed by atoms with E-state index in [-0.39, 0.29) is 5.91 Å². The molecule has 6 heteroatoms. The van der Waals surface area contributed by atoms with E-state index in [0.29, 0.717) is 13.2 Å². The molecule has 0 unspecified atom stereocenters. The summed E-state index contributed by atoms with van der Waals surface area (Å²) in [7, 11) is 3.18. The van der Waals surface area contributed by atoms with Gasteiger partial charge in [-0.2, -0.15) is 5.26 Å². The third-order valence-corrected chi connectivity index (χ3v) is 3.59. The predicted octanol–water partition coefficient (Wildman–Crippen LogP) is 0.649. The van der Waals surface area contributed by atoms with Crippen LogP contribution in [-0.2, 0) is 14.3 Å². The molecular formula is C15H17N3O3. The molecule has 0 spiro atoms.